The van der Waals surface area contributed by atoms with Gasteiger partial charge >= 0.3 is 0 Å². The molecule has 114 valence electrons. The van der Waals surface area contributed by atoms with E-state index in [9.17, 15) is 14.7 Å². The van der Waals surface area contributed by atoms with Crippen LogP contribution in [0.2, 0.25) is 0 Å². The van der Waals surface area contributed by atoms with Crippen LogP contribution in [0.3, 0.4) is 0 Å². The van der Waals surface area contributed by atoms with Gasteiger partial charge in [-0.1, -0.05) is 26.0 Å². The van der Waals surface area contributed by atoms with Crippen LogP contribution in [0.4, 0.5) is 0 Å². The van der Waals surface area contributed by atoms with Crippen LogP contribution < -0.4 is 10.6 Å². The van der Waals surface area contributed by atoms with Gasteiger partial charge in [-0.05, 0) is 34.5 Å². The lowest BCUT2D eigenvalue weighted by Gasteiger charge is -2.49. The molecule has 0 heterocycles. The van der Waals surface area contributed by atoms with Gasteiger partial charge in [-0.3, -0.25) is 9.59 Å². The van der Waals surface area contributed by atoms with E-state index >= 15 is 0 Å². The number of carbonyl (C=O) groups excluding carboxylic acids is 2. The van der Waals surface area contributed by atoms with Crippen LogP contribution >= 0.6 is 15.9 Å². The van der Waals surface area contributed by atoms with Crippen molar-refractivity contribution in [1.82, 2.24) is 10.6 Å². The Morgan fingerprint density at radius 2 is 2.05 bits per heavy atom. The molecule has 3 N–H and O–H groups in total. The molecule has 0 spiro atoms. The first kappa shape index (κ1) is 16.0. The van der Waals surface area contributed by atoms with Crippen LogP contribution in [0.5, 0.6) is 0 Å². The third kappa shape index (κ3) is 3.44. The highest BCUT2D eigenvalue weighted by molar-refractivity contribution is 9.10. The average Bonchev–Trinajstić information content (AvgIpc) is 2.45. The van der Waals surface area contributed by atoms with Gasteiger partial charge in [-0.25, -0.2) is 0 Å². The van der Waals surface area contributed by atoms with Crippen molar-refractivity contribution in [3.63, 3.8) is 0 Å². The van der Waals surface area contributed by atoms with Gasteiger partial charge in [-0.2, -0.15) is 0 Å². The molecule has 1 fully saturated rings. The summed E-state index contributed by atoms with van der Waals surface area (Å²) in [4.78, 5) is 23.8. The minimum Gasteiger partial charge on any atom is -0.392 e. The zero-order valence-electron chi connectivity index (χ0n) is 12.0. The van der Waals surface area contributed by atoms with Crippen molar-refractivity contribution in [2.24, 2.45) is 5.41 Å². The number of halogens is 1. The van der Waals surface area contributed by atoms with Crippen molar-refractivity contribution in [3.05, 3.63) is 34.3 Å². The summed E-state index contributed by atoms with van der Waals surface area (Å²) in [6, 6.07) is 6.98. The first-order valence-electron chi connectivity index (χ1n) is 6.82. The van der Waals surface area contributed by atoms with E-state index < -0.39 is 6.10 Å². The molecular formula is C15H19BrN2O3. The first-order valence-corrected chi connectivity index (χ1v) is 7.62. The van der Waals surface area contributed by atoms with Crippen molar-refractivity contribution in [1.29, 1.82) is 0 Å². The Hall–Kier alpha value is -1.40. The summed E-state index contributed by atoms with van der Waals surface area (Å²) in [5.41, 5.74) is 0.173. The summed E-state index contributed by atoms with van der Waals surface area (Å²) >= 11 is 3.30. The Kier molecular flexibility index (Phi) is 4.68. The second-order valence-electron chi connectivity index (χ2n) is 5.86. The summed E-state index contributed by atoms with van der Waals surface area (Å²) in [5, 5.41) is 15.1. The molecule has 2 rings (SSSR count). The van der Waals surface area contributed by atoms with Crippen LogP contribution in [-0.4, -0.2) is 35.6 Å². The fourth-order valence-corrected chi connectivity index (χ4v) is 2.76. The van der Waals surface area contributed by atoms with Crippen LogP contribution in [0.15, 0.2) is 28.7 Å². The molecular weight excluding hydrogens is 336 g/mol. The van der Waals surface area contributed by atoms with E-state index in [1.807, 2.05) is 19.9 Å². The lowest BCUT2D eigenvalue weighted by molar-refractivity contribution is -0.128. The third-order valence-corrected chi connectivity index (χ3v) is 4.77. The van der Waals surface area contributed by atoms with Gasteiger partial charge in [0.15, 0.2) is 0 Å². The maximum atomic E-state index is 12.0. The molecule has 0 aliphatic heterocycles. The maximum Gasteiger partial charge on any atom is 0.252 e. The number of rotatable bonds is 4. The van der Waals surface area contributed by atoms with Gasteiger partial charge in [-0.15, -0.1) is 0 Å². The molecule has 0 bridgehead atoms. The van der Waals surface area contributed by atoms with E-state index in [1.165, 1.54) is 0 Å². The monoisotopic (exact) mass is 354 g/mol. The van der Waals surface area contributed by atoms with Gasteiger partial charge < -0.3 is 15.7 Å². The quantitative estimate of drug-likeness (QED) is 0.765. The normalized spacial score (nSPS) is 23.0. The molecule has 0 aromatic heterocycles. The van der Waals surface area contributed by atoms with E-state index in [-0.39, 0.29) is 29.8 Å². The Labute approximate surface area is 132 Å². The lowest BCUT2D eigenvalue weighted by atomic mass is 9.64. The Bertz CT molecular complexity index is 560. The summed E-state index contributed by atoms with van der Waals surface area (Å²) in [7, 11) is 0. The maximum absolute atomic E-state index is 12.0. The zero-order chi connectivity index (χ0) is 15.6. The molecule has 0 saturated heterocycles. The molecule has 2 amide bonds. The van der Waals surface area contributed by atoms with Crippen molar-refractivity contribution in [2.75, 3.05) is 6.54 Å². The summed E-state index contributed by atoms with van der Waals surface area (Å²) in [5.74, 6) is -0.550. The molecule has 1 aliphatic carbocycles. The highest BCUT2D eigenvalue weighted by atomic mass is 79.9. The lowest BCUT2D eigenvalue weighted by Crippen LogP contribution is -2.62. The summed E-state index contributed by atoms with van der Waals surface area (Å²) in [6.45, 7) is 3.74. The highest BCUT2D eigenvalue weighted by Crippen LogP contribution is 2.40. The standard InChI is InChI=1S/C15H19BrN2O3/c1-15(2)11(7-12(15)19)18-13(20)8-17-14(21)9-5-3-4-6-10(9)16/h3-6,11-12,19H,7-8H2,1-2H3,(H,17,21)(H,18,20). The molecule has 2 atom stereocenters. The predicted molar refractivity (Wildman–Crippen MR) is 82.8 cm³/mol. The van der Waals surface area contributed by atoms with Crippen LogP contribution in [-0.2, 0) is 4.79 Å². The fourth-order valence-electron chi connectivity index (χ4n) is 2.29. The molecule has 0 radical (unpaired) electrons. The molecule has 1 aromatic rings. The minimum atomic E-state index is -0.391. The number of amides is 2. The molecule has 1 aromatic carbocycles. The predicted octanol–water partition coefficient (Wildman–Crippen LogP) is 1.45. The van der Waals surface area contributed by atoms with E-state index in [0.29, 0.717) is 16.5 Å². The van der Waals surface area contributed by atoms with E-state index in [2.05, 4.69) is 26.6 Å². The first-order chi connectivity index (χ1) is 9.82. The van der Waals surface area contributed by atoms with Crippen LogP contribution in [0.1, 0.15) is 30.6 Å². The molecule has 1 saturated carbocycles. The topological polar surface area (TPSA) is 78.4 Å². The number of nitrogens with one attached hydrogen (secondary N) is 2. The zero-order valence-corrected chi connectivity index (χ0v) is 13.6. The number of hydrogen-bond acceptors (Lipinski definition) is 3. The second kappa shape index (κ2) is 6.15. The number of aliphatic hydroxyl groups is 1. The van der Waals surface area contributed by atoms with Gasteiger partial charge in [0.2, 0.25) is 5.91 Å². The van der Waals surface area contributed by atoms with Gasteiger partial charge in [0, 0.05) is 15.9 Å². The van der Waals surface area contributed by atoms with Crippen molar-refractivity contribution in [3.8, 4) is 0 Å². The number of hydrogen-bond donors (Lipinski definition) is 3. The number of aliphatic hydroxyl groups excluding tert-OH is 1. The van der Waals surface area contributed by atoms with Crippen molar-refractivity contribution < 1.29 is 14.7 Å². The van der Waals surface area contributed by atoms with E-state index in [0.717, 1.165) is 0 Å². The van der Waals surface area contributed by atoms with Crippen LogP contribution in [0.25, 0.3) is 0 Å². The second-order valence-corrected chi connectivity index (χ2v) is 6.71. The highest BCUT2D eigenvalue weighted by Gasteiger charge is 2.47. The minimum absolute atomic E-state index is 0.0552. The molecule has 21 heavy (non-hydrogen) atoms. The van der Waals surface area contributed by atoms with Crippen LogP contribution in [0, 0.1) is 5.41 Å². The average molecular weight is 355 g/mol. The fraction of sp³-hybridized carbons (Fsp3) is 0.467. The molecule has 6 heteroatoms. The van der Waals surface area contributed by atoms with Gasteiger partial charge in [0.05, 0.1) is 18.2 Å². The largest absolute Gasteiger partial charge is 0.392 e. The molecule has 2 unspecified atom stereocenters. The smallest absolute Gasteiger partial charge is 0.252 e. The Morgan fingerprint density at radius 1 is 1.38 bits per heavy atom. The summed E-state index contributed by atoms with van der Waals surface area (Å²) < 4.78 is 0.686. The van der Waals surface area contributed by atoms with Gasteiger partial charge in [0.25, 0.3) is 5.91 Å². The Morgan fingerprint density at radius 3 is 2.62 bits per heavy atom. The summed E-state index contributed by atoms with van der Waals surface area (Å²) in [6.07, 6.45) is 0.161. The number of carbonyl (C=O) groups is 2. The van der Waals surface area contributed by atoms with E-state index in [1.54, 1.807) is 18.2 Å². The molecule has 5 nitrogen and oxygen atoms in total. The van der Waals surface area contributed by atoms with Crippen molar-refractivity contribution >= 4 is 27.7 Å². The number of benzene rings is 1. The Balaban J connectivity index is 1.82. The third-order valence-electron chi connectivity index (χ3n) is 4.08. The SMILES string of the molecule is CC1(C)C(O)CC1NC(=O)CNC(=O)c1ccccc1Br. The van der Waals surface area contributed by atoms with Crippen molar-refractivity contribution in [2.45, 2.75) is 32.4 Å². The molecule has 1 aliphatic rings. The van der Waals surface area contributed by atoms with E-state index in [4.69, 9.17) is 0 Å². The van der Waals surface area contributed by atoms with Gasteiger partial charge in [0.1, 0.15) is 0 Å².